The number of nitrogens with zero attached hydrogens (tertiary/aromatic N) is 1. The van der Waals surface area contributed by atoms with Crippen LogP contribution in [0.25, 0.3) is 0 Å². The molecule has 0 unspecified atom stereocenters. The molecule has 0 aromatic rings. The van der Waals surface area contributed by atoms with Crippen molar-refractivity contribution in [2.75, 3.05) is 13.1 Å². The summed E-state index contributed by atoms with van der Waals surface area (Å²) in [6, 6.07) is 0. The highest BCUT2D eigenvalue weighted by atomic mass is 16.2. The molecular formula is C5H6N2O3. The lowest BCUT2D eigenvalue weighted by atomic mass is 10.4. The minimum atomic E-state index is -0.427. The fourth-order valence-electron chi connectivity index (χ4n) is 0.734. The van der Waals surface area contributed by atoms with E-state index in [0.29, 0.717) is 6.41 Å². The van der Waals surface area contributed by atoms with Crippen LogP contribution in [0.15, 0.2) is 0 Å². The average Bonchev–Trinajstić information content (AvgIpc) is 1.85. The third-order valence-electron chi connectivity index (χ3n) is 1.12. The van der Waals surface area contributed by atoms with Crippen molar-refractivity contribution in [1.29, 1.82) is 0 Å². The first kappa shape index (κ1) is 6.73. The van der Waals surface area contributed by atoms with Crippen LogP contribution in [0.1, 0.15) is 0 Å². The molecule has 1 fully saturated rings. The first-order chi connectivity index (χ1) is 4.72. The predicted octanol–water partition coefficient (Wildman–Crippen LogP) is -1.90. The molecule has 5 heteroatoms. The van der Waals surface area contributed by atoms with Crippen LogP contribution in [0.3, 0.4) is 0 Å². The van der Waals surface area contributed by atoms with E-state index in [9.17, 15) is 14.4 Å². The predicted molar refractivity (Wildman–Crippen MR) is 30.8 cm³/mol. The second kappa shape index (κ2) is 2.47. The molecule has 1 rings (SSSR count). The van der Waals surface area contributed by atoms with Gasteiger partial charge in [-0.15, -0.1) is 0 Å². The Balaban J connectivity index is 2.58. The van der Waals surface area contributed by atoms with Crippen LogP contribution in [0, 0.1) is 0 Å². The first-order valence-corrected chi connectivity index (χ1v) is 2.74. The molecule has 0 atom stereocenters. The Morgan fingerprint density at radius 3 is 2.20 bits per heavy atom. The van der Waals surface area contributed by atoms with Crippen molar-refractivity contribution in [3.8, 4) is 0 Å². The van der Waals surface area contributed by atoms with Crippen molar-refractivity contribution in [3.05, 3.63) is 0 Å². The van der Waals surface area contributed by atoms with E-state index in [2.05, 4.69) is 5.32 Å². The normalized spacial score (nSPS) is 18.6. The number of hydrogen-bond acceptors (Lipinski definition) is 3. The van der Waals surface area contributed by atoms with Crippen molar-refractivity contribution in [2.45, 2.75) is 0 Å². The Morgan fingerprint density at radius 2 is 1.80 bits per heavy atom. The highest BCUT2D eigenvalue weighted by molar-refractivity contribution is 6.00. The van der Waals surface area contributed by atoms with E-state index in [1.54, 1.807) is 0 Å². The van der Waals surface area contributed by atoms with Gasteiger partial charge in [0.05, 0.1) is 0 Å². The monoisotopic (exact) mass is 142 g/mol. The molecule has 0 radical (unpaired) electrons. The van der Waals surface area contributed by atoms with Gasteiger partial charge in [-0.2, -0.15) is 0 Å². The molecule has 1 heterocycles. The summed E-state index contributed by atoms with van der Waals surface area (Å²) in [6.45, 7) is -0.0372. The topological polar surface area (TPSA) is 66.5 Å². The highest BCUT2D eigenvalue weighted by Crippen LogP contribution is 1.88. The van der Waals surface area contributed by atoms with Crippen molar-refractivity contribution in [3.63, 3.8) is 0 Å². The fourth-order valence-corrected chi connectivity index (χ4v) is 0.734. The van der Waals surface area contributed by atoms with E-state index >= 15 is 0 Å². The van der Waals surface area contributed by atoms with Gasteiger partial charge in [-0.25, -0.2) is 0 Å². The molecule has 0 bridgehead atoms. The SMILES string of the molecule is O=CN1CC(=O)NC(=O)C1. The molecule has 5 nitrogen and oxygen atoms in total. The van der Waals surface area contributed by atoms with Gasteiger partial charge in [0.15, 0.2) is 0 Å². The standard InChI is InChI=1S/C5H6N2O3/c8-3-7-1-4(9)6-5(10)2-7/h3H,1-2H2,(H,6,9,10). The molecule has 0 aliphatic carbocycles. The van der Waals surface area contributed by atoms with Gasteiger partial charge in [-0.05, 0) is 0 Å². The lowest BCUT2D eigenvalue weighted by molar-refractivity contribution is -0.140. The molecule has 0 aromatic heterocycles. The van der Waals surface area contributed by atoms with E-state index in [4.69, 9.17) is 0 Å². The number of hydrogen-bond donors (Lipinski definition) is 1. The number of nitrogens with one attached hydrogen (secondary N) is 1. The molecule has 0 saturated carbocycles. The van der Waals surface area contributed by atoms with E-state index in [1.807, 2.05) is 0 Å². The van der Waals surface area contributed by atoms with Gasteiger partial charge in [-0.1, -0.05) is 0 Å². The number of imide groups is 1. The van der Waals surface area contributed by atoms with Crippen molar-refractivity contribution >= 4 is 18.2 Å². The van der Waals surface area contributed by atoms with Gasteiger partial charge in [-0.3, -0.25) is 19.7 Å². The van der Waals surface area contributed by atoms with Crippen LogP contribution in [0.4, 0.5) is 0 Å². The first-order valence-electron chi connectivity index (χ1n) is 2.74. The van der Waals surface area contributed by atoms with Gasteiger partial charge >= 0.3 is 0 Å². The number of amides is 3. The summed E-state index contributed by atoms with van der Waals surface area (Å²) in [4.78, 5) is 32.2. The third kappa shape index (κ3) is 1.31. The van der Waals surface area contributed by atoms with Crippen LogP contribution in [-0.4, -0.2) is 36.2 Å². The Labute approximate surface area is 57.0 Å². The van der Waals surface area contributed by atoms with Gasteiger partial charge in [0, 0.05) is 0 Å². The van der Waals surface area contributed by atoms with Crippen LogP contribution >= 0.6 is 0 Å². The Bertz CT molecular complexity index is 173. The molecule has 1 aliphatic rings. The average molecular weight is 142 g/mol. The zero-order chi connectivity index (χ0) is 7.56. The summed E-state index contributed by atoms with van der Waals surface area (Å²) >= 11 is 0. The summed E-state index contributed by atoms with van der Waals surface area (Å²) in [6.07, 6.45) is 0.483. The molecule has 3 amide bonds. The summed E-state index contributed by atoms with van der Waals surface area (Å²) in [5.74, 6) is -0.855. The number of rotatable bonds is 1. The molecule has 10 heavy (non-hydrogen) atoms. The maximum atomic E-state index is 10.5. The maximum absolute atomic E-state index is 10.5. The third-order valence-corrected chi connectivity index (χ3v) is 1.12. The summed E-state index contributed by atoms with van der Waals surface area (Å²) in [5, 5.41) is 2.07. The lowest BCUT2D eigenvalue weighted by Gasteiger charge is -2.20. The second-order valence-electron chi connectivity index (χ2n) is 1.98. The zero-order valence-electron chi connectivity index (χ0n) is 5.16. The van der Waals surface area contributed by atoms with Crippen LogP contribution in [0.2, 0.25) is 0 Å². The minimum absolute atomic E-state index is 0.0186. The lowest BCUT2D eigenvalue weighted by Crippen LogP contribution is -2.50. The molecular weight excluding hydrogens is 136 g/mol. The van der Waals surface area contributed by atoms with Gasteiger partial charge in [0.1, 0.15) is 13.1 Å². The van der Waals surface area contributed by atoms with Crippen LogP contribution in [0.5, 0.6) is 0 Å². The second-order valence-corrected chi connectivity index (χ2v) is 1.98. The van der Waals surface area contributed by atoms with Gasteiger partial charge < -0.3 is 4.90 Å². The largest absolute Gasteiger partial charge is 0.327 e. The zero-order valence-corrected chi connectivity index (χ0v) is 5.16. The highest BCUT2D eigenvalue weighted by Gasteiger charge is 2.20. The quantitative estimate of drug-likeness (QED) is 0.343. The summed E-state index contributed by atoms with van der Waals surface area (Å²) in [5.41, 5.74) is 0. The summed E-state index contributed by atoms with van der Waals surface area (Å²) < 4.78 is 0. The van der Waals surface area contributed by atoms with Gasteiger partial charge in [0.25, 0.3) is 0 Å². The molecule has 1 saturated heterocycles. The smallest absolute Gasteiger partial charge is 0.246 e. The number of carbonyl (C=O) groups is 3. The number of piperazine rings is 1. The van der Waals surface area contributed by atoms with Crippen molar-refractivity contribution in [2.24, 2.45) is 0 Å². The minimum Gasteiger partial charge on any atom is -0.327 e. The van der Waals surface area contributed by atoms with Crippen LogP contribution < -0.4 is 5.32 Å². The maximum Gasteiger partial charge on any atom is 0.246 e. The fraction of sp³-hybridized carbons (Fsp3) is 0.400. The van der Waals surface area contributed by atoms with Gasteiger partial charge in [0.2, 0.25) is 18.2 Å². The van der Waals surface area contributed by atoms with E-state index in [0.717, 1.165) is 4.90 Å². The number of carbonyl (C=O) groups excluding carboxylic acids is 3. The molecule has 0 spiro atoms. The Kier molecular flexibility index (Phi) is 1.66. The summed E-state index contributed by atoms with van der Waals surface area (Å²) in [7, 11) is 0. The molecule has 0 aromatic carbocycles. The van der Waals surface area contributed by atoms with Crippen LogP contribution in [-0.2, 0) is 14.4 Å². The van der Waals surface area contributed by atoms with E-state index in [-0.39, 0.29) is 13.1 Å². The molecule has 1 aliphatic heterocycles. The van der Waals surface area contributed by atoms with E-state index < -0.39 is 11.8 Å². The Hall–Kier alpha value is -1.39. The molecule has 1 N–H and O–H groups in total. The van der Waals surface area contributed by atoms with E-state index in [1.165, 1.54) is 0 Å². The van der Waals surface area contributed by atoms with Crippen molar-refractivity contribution < 1.29 is 14.4 Å². The molecule has 54 valence electrons. The van der Waals surface area contributed by atoms with Crippen molar-refractivity contribution in [1.82, 2.24) is 10.2 Å². The Morgan fingerprint density at radius 1 is 1.30 bits per heavy atom.